The smallest absolute Gasteiger partial charge is 0.256 e. The van der Waals surface area contributed by atoms with Gasteiger partial charge in [-0.05, 0) is 31.5 Å². The number of benzene rings is 1. The van der Waals surface area contributed by atoms with Gasteiger partial charge in [-0.1, -0.05) is 0 Å². The van der Waals surface area contributed by atoms with Crippen molar-refractivity contribution in [2.24, 2.45) is 11.1 Å². The van der Waals surface area contributed by atoms with E-state index in [-0.39, 0.29) is 12.1 Å². The summed E-state index contributed by atoms with van der Waals surface area (Å²) in [6.07, 6.45) is 0.484. The van der Waals surface area contributed by atoms with Crippen LogP contribution in [0.4, 0.5) is 10.1 Å². The standard InChI is InChI=1S/C13H16FN3O2/c1-13(12(16)19)4-5-17(7-13)11(18)9-6-8(15)2-3-10(9)14/h2-3,6H,4-5,7,15H2,1H3,(H2,16,19). The zero-order chi connectivity index (χ0) is 14.2. The van der Waals surface area contributed by atoms with E-state index in [1.807, 2.05) is 0 Å². The van der Waals surface area contributed by atoms with E-state index in [0.717, 1.165) is 6.07 Å². The summed E-state index contributed by atoms with van der Waals surface area (Å²) < 4.78 is 13.6. The van der Waals surface area contributed by atoms with Gasteiger partial charge in [-0.2, -0.15) is 0 Å². The van der Waals surface area contributed by atoms with Crippen molar-refractivity contribution in [1.29, 1.82) is 0 Å². The molecule has 1 fully saturated rings. The van der Waals surface area contributed by atoms with Gasteiger partial charge >= 0.3 is 0 Å². The average Bonchev–Trinajstić information content (AvgIpc) is 2.76. The number of primary amides is 1. The summed E-state index contributed by atoms with van der Waals surface area (Å²) >= 11 is 0. The highest BCUT2D eigenvalue weighted by molar-refractivity contribution is 5.96. The predicted octanol–water partition coefficient (Wildman–Crippen LogP) is 0.745. The number of carbonyl (C=O) groups is 2. The van der Waals surface area contributed by atoms with Crippen LogP contribution in [-0.2, 0) is 4.79 Å². The van der Waals surface area contributed by atoms with Crippen LogP contribution in [0.2, 0.25) is 0 Å². The van der Waals surface area contributed by atoms with E-state index >= 15 is 0 Å². The van der Waals surface area contributed by atoms with Crippen molar-refractivity contribution < 1.29 is 14.0 Å². The van der Waals surface area contributed by atoms with Gasteiger partial charge in [0.2, 0.25) is 5.91 Å². The van der Waals surface area contributed by atoms with Gasteiger partial charge in [-0.15, -0.1) is 0 Å². The first kappa shape index (κ1) is 13.3. The summed E-state index contributed by atoms with van der Waals surface area (Å²) in [6, 6.07) is 3.85. The van der Waals surface area contributed by atoms with Crippen LogP contribution < -0.4 is 11.5 Å². The van der Waals surface area contributed by atoms with Crippen molar-refractivity contribution >= 4 is 17.5 Å². The number of halogens is 1. The minimum Gasteiger partial charge on any atom is -0.399 e. The van der Waals surface area contributed by atoms with Gasteiger partial charge in [0, 0.05) is 18.8 Å². The Hall–Kier alpha value is -2.11. The second-order valence-corrected chi connectivity index (χ2v) is 5.14. The number of carbonyl (C=O) groups excluding carboxylic acids is 2. The highest BCUT2D eigenvalue weighted by Crippen LogP contribution is 2.30. The van der Waals surface area contributed by atoms with Gasteiger partial charge in [0.15, 0.2) is 0 Å². The number of nitrogens with two attached hydrogens (primary N) is 2. The predicted molar refractivity (Wildman–Crippen MR) is 68.6 cm³/mol. The van der Waals surface area contributed by atoms with E-state index in [9.17, 15) is 14.0 Å². The first-order valence-corrected chi connectivity index (χ1v) is 5.98. The van der Waals surface area contributed by atoms with Crippen LogP contribution in [0, 0.1) is 11.2 Å². The molecule has 2 rings (SSSR count). The summed E-state index contributed by atoms with van der Waals surface area (Å²) in [4.78, 5) is 25.0. The van der Waals surface area contributed by atoms with Crippen LogP contribution in [0.25, 0.3) is 0 Å². The topological polar surface area (TPSA) is 89.4 Å². The molecule has 2 amide bonds. The van der Waals surface area contributed by atoms with Gasteiger partial charge in [0.05, 0.1) is 11.0 Å². The molecular weight excluding hydrogens is 249 g/mol. The molecule has 0 aromatic heterocycles. The lowest BCUT2D eigenvalue weighted by Gasteiger charge is -2.21. The van der Waals surface area contributed by atoms with Gasteiger partial charge in [0.1, 0.15) is 5.82 Å². The monoisotopic (exact) mass is 265 g/mol. The Balaban J connectivity index is 2.22. The molecule has 0 bridgehead atoms. The van der Waals surface area contributed by atoms with Gasteiger partial charge in [-0.25, -0.2) is 4.39 Å². The van der Waals surface area contributed by atoms with Crippen LogP contribution >= 0.6 is 0 Å². The Labute approximate surface area is 110 Å². The Bertz CT molecular complexity index is 547. The van der Waals surface area contributed by atoms with Crippen LogP contribution in [-0.4, -0.2) is 29.8 Å². The third kappa shape index (κ3) is 2.38. The molecule has 6 heteroatoms. The second-order valence-electron chi connectivity index (χ2n) is 5.14. The summed E-state index contributed by atoms with van der Waals surface area (Å²) in [5, 5.41) is 0. The SMILES string of the molecule is CC1(C(N)=O)CCN(C(=O)c2cc(N)ccc2F)C1. The number of amides is 2. The van der Waals surface area contributed by atoms with Crippen molar-refractivity contribution in [2.75, 3.05) is 18.8 Å². The maximum Gasteiger partial charge on any atom is 0.256 e. The fraction of sp³-hybridized carbons (Fsp3) is 0.385. The highest BCUT2D eigenvalue weighted by Gasteiger charge is 2.41. The highest BCUT2D eigenvalue weighted by atomic mass is 19.1. The Morgan fingerprint density at radius 1 is 1.42 bits per heavy atom. The minimum absolute atomic E-state index is 0.0753. The number of hydrogen-bond donors (Lipinski definition) is 2. The molecule has 1 atom stereocenters. The molecule has 0 saturated carbocycles. The van der Waals surface area contributed by atoms with Crippen molar-refractivity contribution in [3.05, 3.63) is 29.6 Å². The van der Waals surface area contributed by atoms with Gasteiger partial charge < -0.3 is 16.4 Å². The number of nitrogens with zero attached hydrogens (tertiary/aromatic N) is 1. The zero-order valence-electron chi connectivity index (χ0n) is 10.6. The fourth-order valence-corrected chi connectivity index (χ4v) is 2.21. The Morgan fingerprint density at radius 3 is 2.68 bits per heavy atom. The normalized spacial score (nSPS) is 22.5. The molecule has 1 aliphatic heterocycles. The molecule has 1 unspecified atom stereocenters. The molecule has 5 nitrogen and oxygen atoms in total. The average molecular weight is 265 g/mol. The number of likely N-dealkylation sites (tertiary alicyclic amines) is 1. The van der Waals surface area contributed by atoms with Crippen LogP contribution in [0.5, 0.6) is 0 Å². The Kier molecular flexibility index (Phi) is 3.18. The molecule has 0 radical (unpaired) electrons. The fourth-order valence-electron chi connectivity index (χ4n) is 2.21. The van der Waals surface area contributed by atoms with Crippen molar-refractivity contribution in [2.45, 2.75) is 13.3 Å². The lowest BCUT2D eigenvalue weighted by atomic mass is 9.89. The maximum absolute atomic E-state index is 13.6. The number of nitrogen functional groups attached to an aromatic ring is 1. The molecule has 0 aliphatic carbocycles. The third-order valence-corrected chi connectivity index (χ3v) is 3.58. The van der Waals surface area contributed by atoms with Gasteiger partial charge in [0.25, 0.3) is 5.91 Å². The van der Waals surface area contributed by atoms with E-state index in [1.54, 1.807) is 6.92 Å². The van der Waals surface area contributed by atoms with Crippen molar-refractivity contribution in [1.82, 2.24) is 4.90 Å². The summed E-state index contributed by atoms with van der Waals surface area (Å²) in [5.41, 5.74) is 10.4. The minimum atomic E-state index is -0.744. The lowest BCUT2D eigenvalue weighted by molar-refractivity contribution is -0.126. The largest absolute Gasteiger partial charge is 0.399 e. The summed E-state index contributed by atoms with van der Waals surface area (Å²) in [6.45, 7) is 2.29. The summed E-state index contributed by atoms with van der Waals surface area (Å²) in [7, 11) is 0. The van der Waals surface area contributed by atoms with E-state index < -0.39 is 23.0 Å². The number of rotatable bonds is 2. The molecule has 0 spiro atoms. The lowest BCUT2D eigenvalue weighted by Crippen LogP contribution is -2.38. The third-order valence-electron chi connectivity index (χ3n) is 3.58. The molecule has 19 heavy (non-hydrogen) atoms. The zero-order valence-corrected chi connectivity index (χ0v) is 10.6. The Morgan fingerprint density at radius 2 is 2.11 bits per heavy atom. The summed E-state index contributed by atoms with van der Waals surface area (Å²) in [5.74, 6) is -1.53. The molecular formula is C13H16FN3O2. The first-order valence-electron chi connectivity index (χ1n) is 5.98. The quantitative estimate of drug-likeness (QED) is 0.773. The second kappa shape index (κ2) is 4.53. The molecule has 1 aromatic carbocycles. The van der Waals surface area contributed by atoms with E-state index in [2.05, 4.69) is 0 Å². The number of hydrogen-bond acceptors (Lipinski definition) is 3. The molecule has 1 aliphatic rings. The van der Waals surface area contributed by atoms with E-state index in [0.29, 0.717) is 18.7 Å². The van der Waals surface area contributed by atoms with E-state index in [4.69, 9.17) is 11.5 Å². The number of anilines is 1. The molecule has 1 aromatic rings. The first-order chi connectivity index (χ1) is 8.83. The van der Waals surface area contributed by atoms with Crippen LogP contribution in [0.1, 0.15) is 23.7 Å². The van der Waals surface area contributed by atoms with Crippen molar-refractivity contribution in [3.8, 4) is 0 Å². The molecule has 4 N–H and O–H groups in total. The van der Waals surface area contributed by atoms with Crippen LogP contribution in [0.15, 0.2) is 18.2 Å². The molecule has 1 heterocycles. The van der Waals surface area contributed by atoms with E-state index in [1.165, 1.54) is 17.0 Å². The van der Waals surface area contributed by atoms with Crippen LogP contribution in [0.3, 0.4) is 0 Å². The van der Waals surface area contributed by atoms with Crippen molar-refractivity contribution in [3.63, 3.8) is 0 Å². The maximum atomic E-state index is 13.6. The molecule has 1 saturated heterocycles. The molecule has 102 valence electrons. The van der Waals surface area contributed by atoms with Gasteiger partial charge in [-0.3, -0.25) is 9.59 Å².